The second kappa shape index (κ2) is 7.76. The van der Waals surface area contributed by atoms with Crippen LogP contribution in [0.5, 0.6) is 5.75 Å². The zero-order chi connectivity index (χ0) is 15.1. The maximum atomic E-state index is 13.6. The molecule has 0 aliphatic carbocycles. The third-order valence-corrected chi connectivity index (χ3v) is 3.28. The van der Waals surface area contributed by atoms with Gasteiger partial charge >= 0.3 is 0 Å². The molecule has 0 radical (unpaired) electrons. The highest BCUT2D eigenvalue weighted by Gasteiger charge is 2.04. The molecule has 2 rings (SSSR count). The van der Waals surface area contributed by atoms with E-state index in [-0.39, 0.29) is 11.6 Å². The Bertz CT molecular complexity index is 587. The van der Waals surface area contributed by atoms with Crippen molar-refractivity contribution in [1.29, 1.82) is 0 Å². The fraction of sp³-hybridized carbons (Fsp3) is 0.294. The first kappa shape index (κ1) is 15.5. The van der Waals surface area contributed by atoms with E-state index >= 15 is 0 Å². The summed E-state index contributed by atoms with van der Waals surface area (Å²) in [6.07, 6.45) is 0. The zero-order valence-corrected chi connectivity index (χ0v) is 12.4. The first-order valence-corrected chi connectivity index (χ1v) is 6.83. The number of nitrogens with one attached hydrogen (secondary N) is 1. The Morgan fingerprint density at radius 1 is 1.00 bits per heavy atom. The molecule has 0 spiro atoms. The SMILES string of the molecule is COCc1ccccc1CNCc1ccc(OC)c(F)c1. The molecule has 2 aromatic carbocycles. The van der Waals surface area contributed by atoms with Gasteiger partial charge in [0.2, 0.25) is 0 Å². The molecule has 0 amide bonds. The Morgan fingerprint density at radius 2 is 1.76 bits per heavy atom. The zero-order valence-electron chi connectivity index (χ0n) is 12.4. The van der Waals surface area contributed by atoms with Gasteiger partial charge < -0.3 is 14.8 Å². The minimum Gasteiger partial charge on any atom is -0.494 e. The van der Waals surface area contributed by atoms with Crippen LogP contribution in [0.1, 0.15) is 16.7 Å². The third kappa shape index (κ3) is 4.28. The van der Waals surface area contributed by atoms with Gasteiger partial charge in [-0.25, -0.2) is 4.39 Å². The molecule has 4 heteroatoms. The van der Waals surface area contributed by atoms with Gasteiger partial charge in [-0.1, -0.05) is 30.3 Å². The van der Waals surface area contributed by atoms with Gasteiger partial charge in [0.05, 0.1) is 13.7 Å². The van der Waals surface area contributed by atoms with Crippen molar-refractivity contribution in [3.05, 3.63) is 65.0 Å². The van der Waals surface area contributed by atoms with Crippen molar-refractivity contribution in [2.75, 3.05) is 14.2 Å². The van der Waals surface area contributed by atoms with E-state index in [0.29, 0.717) is 19.7 Å². The van der Waals surface area contributed by atoms with Crippen molar-refractivity contribution in [2.24, 2.45) is 0 Å². The van der Waals surface area contributed by atoms with Crippen LogP contribution < -0.4 is 10.1 Å². The number of hydrogen-bond acceptors (Lipinski definition) is 3. The molecule has 2 aromatic rings. The van der Waals surface area contributed by atoms with Crippen molar-refractivity contribution < 1.29 is 13.9 Å². The van der Waals surface area contributed by atoms with Crippen LogP contribution in [0, 0.1) is 5.82 Å². The second-order valence-electron chi connectivity index (χ2n) is 4.77. The van der Waals surface area contributed by atoms with Crippen LogP contribution in [0.2, 0.25) is 0 Å². The van der Waals surface area contributed by atoms with E-state index in [0.717, 1.165) is 11.1 Å². The molecule has 0 saturated heterocycles. The van der Waals surface area contributed by atoms with Gasteiger partial charge in [0.15, 0.2) is 11.6 Å². The van der Waals surface area contributed by atoms with Crippen molar-refractivity contribution in [2.45, 2.75) is 19.7 Å². The molecule has 21 heavy (non-hydrogen) atoms. The fourth-order valence-corrected chi connectivity index (χ4v) is 2.19. The van der Waals surface area contributed by atoms with Crippen molar-refractivity contribution in [1.82, 2.24) is 5.32 Å². The number of benzene rings is 2. The molecule has 0 aromatic heterocycles. The maximum Gasteiger partial charge on any atom is 0.165 e. The summed E-state index contributed by atoms with van der Waals surface area (Å²) in [5.41, 5.74) is 3.24. The predicted octanol–water partition coefficient (Wildman–Crippen LogP) is 3.27. The van der Waals surface area contributed by atoms with E-state index in [4.69, 9.17) is 9.47 Å². The number of rotatable bonds is 7. The lowest BCUT2D eigenvalue weighted by atomic mass is 10.1. The summed E-state index contributed by atoms with van der Waals surface area (Å²) in [5, 5.41) is 3.32. The minimum absolute atomic E-state index is 0.268. The molecule has 1 N–H and O–H groups in total. The number of ether oxygens (including phenoxy) is 2. The molecule has 0 heterocycles. The van der Waals surface area contributed by atoms with Gasteiger partial charge in [-0.2, -0.15) is 0 Å². The van der Waals surface area contributed by atoms with Crippen molar-refractivity contribution >= 4 is 0 Å². The highest BCUT2D eigenvalue weighted by molar-refractivity contribution is 5.30. The van der Waals surface area contributed by atoms with E-state index < -0.39 is 0 Å². The van der Waals surface area contributed by atoms with E-state index in [1.807, 2.05) is 24.3 Å². The van der Waals surface area contributed by atoms with Crippen molar-refractivity contribution in [3.8, 4) is 5.75 Å². The number of methoxy groups -OCH3 is 2. The quantitative estimate of drug-likeness (QED) is 0.848. The van der Waals surface area contributed by atoms with Crippen LogP contribution in [0.4, 0.5) is 4.39 Å². The Morgan fingerprint density at radius 3 is 2.43 bits per heavy atom. The highest BCUT2D eigenvalue weighted by Crippen LogP contribution is 2.17. The first-order valence-electron chi connectivity index (χ1n) is 6.83. The molecule has 0 bridgehead atoms. The summed E-state index contributed by atoms with van der Waals surface area (Å²) < 4.78 is 23.7. The van der Waals surface area contributed by atoms with Crippen LogP contribution in [0.25, 0.3) is 0 Å². The van der Waals surface area contributed by atoms with Crippen LogP contribution in [0.15, 0.2) is 42.5 Å². The number of hydrogen-bond donors (Lipinski definition) is 1. The smallest absolute Gasteiger partial charge is 0.165 e. The lowest BCUT2D eigenvalue weighted by molar-refractivity contribution is 0.184. The second-order valence-corrected chi connectivity index (χ2v) is 4.77. The average molecular weight is 289 g/mol. The van der Waals surface area contributed by atoms with E-state index in [2.05, 4.69) is 11.4 Å². The molecule has 3 nitrogen and oxygen atoms in total. The highest BCUT2D eigenvalue weighted by atomic mass is 19.1. The number of halogens is 1. The third-order valence-electron chi connectivity index (χ3n) is 3.28. The van der Waals surface area contributed by atoms with Gasteiger partial charge in [-0.05, 0) is 28.8 Å². The van der Waals surface area contributed by atoms with Gasteiger partial charge in [-0.3, -0.25) is 0 Å². The molecule has 0 fully saturated rings. The molecule has 0 atom stereocenters. The summed E-state index contributed by atoms with van der Waals surface area (Å²) in [6.45, 7) is 1.91. The van der Waals surface area contributed by atoms with E-state index in [1.54, 1.807) is 13.2 Å². The van der Waals surface area contributed by atoms with Gasteiger partial charge in [-0.15, -0.1) is 0 Å². The van der Waals surface area contributed by atoms with Crippen LogP contribution >= 0.6 is 0 Å². The fourth-order valence-electron chi connectivity index (χ4n) is 2.19. The Labute approximate surface area is 124 Å². The summed E-state index contributed by atoms with van der Waals surface area (Å²) in [4.78, 5) is 0. The van der Waals surface area contributed by atoms with Gasteiger partial charge in [0.1, 0.15) is 0 Å². The predicted molar refractivity (Wildman–Crippen MR) is 80.7 cm³/mol. The van der Waals surface area contributed by atoms with Crippen LogP contribution in [0.3, 0.4) is 0 Å². The minimum atomic E-state index is -0.336. The summed E-state index contributed by atoms with van der Waals surface area (Å²) in [7, 11) is 3.15. The first-order chi connectivity index (χ1) is 10.2. The van der Waals surface area contributed by atoms with Crippen molar-refractivity contribution in [3.63, 3.8) is 0 Å². The molecule has 0 aliphatic heterocycles. The summed E-state index contributed by atoms with van der Waals surface area (Å²) >= 11 is 0. The van der Waals surface area contributed by atoms with Crippen LogP contribution in [-0.4, -0.2) is 14.2 Å². The molecule has 0 saturated carbocycles. The lowest BCUT2D eigenvalue weighted by Crippen LogP contribution is -2.14. The van der Waals surface area contributed by atoms with Crippen LogP contribution in [-0.2, 0) is 24.4 Å². The lowest BCUT2D eigenvalue weighted by Gasteiger charge is -2.10. The monoisotopic (exact) mass is 289 g/mol. The molecule has 112 valence electrons. The molecular weight excluding hydrogens is 269 g/mol. The Hall–Kier alpha value is -1.91. The molecular formula is C17H20FNO2. The molecule has 0 aliphatic rings. The maximum absolute atomic E-state index is 13.6. The standard InChI is InChI=1S/C17H20FNO2/c1-20-12-15-6-4-3-5-14(15)11-19-10-13-7-8-17(21-2)16(18)9-13/h3-9,19H,10-12H2,1-2H3. The average Bonchev–Trinajstić information content (AvgIpc) is 2.49. The molecule has 0 unspecified atom stereocenters. The topological polar surface area (TPSA) is 30.5 Å². The van der Waals surface area contributed by atoms with Gasteiger partial charge in [0, 0.05) is 20.2 Å². The Balaban J connectivity index is 1.94. The summed E-state index contributed by atoms with van der Waals surface area (Å²) in [6, 6.07) is 13.1. The summed E-state index contributed by atoms with van der Waals surface area (Å²) in [5.74, 6) is -0.0687. The van der Waals surface area contributed by atoms with E-state index in [1.165, 1.54) is 18.7 Å². The van der Waals surface area contributed by atoms with Gasteiger partial charge in [0.25, 0.3) is 0 Å². The van der Waals surface area contributed by atoms with E-state index in [9.17, 15) is 4.39 Å². The largest absolute Gasteiger partial charge is 0.494 e. The normalized spacial score (nSPS) is 10.6. The Kier molecular flexibility index (Phi) is 5.72.